The van der Waals surface area contributed by atoms with Gasteiger partial charge < -0.3 is 9.88 Å². The van der Waals surface area contributed by atoms with Crippen LogP contribution in [0.15, 0.2) is 80.5 Å². The second-order valence-corrected chi connectivity index (χ2v) is 12.8. The Labute approximate surface area is 239 Å². The van der Waals surface area contributed by atoms with Gasteiger partial charge in [0.15, 0.2) is 0 Å². The third kappa shape index (κ3) is 4.87. The van der Waals surface area contributed by atoms with Gasteiger partial charge in [-0.15, -0.1) is 0 Å². The molecular weight excluding hydrogens is 614 g/mol. The van der Waals surface area contributed by atoms with Gasteiger partial charge in [0.2, 0.25) is 0 Å². The van der Waals surface area contributed by atoms with Crippen molar-refractivity contribution in [3.8, 4) is 0 Å². The van der Waals surface area contributed by atoms with Crippen LogP contribution in [-0.2, 0) is 5.41 Å². The van der Waals surface area contributed by atoms with E-state index in [1.54, 1.807) is 0 Å². The highest BCUT2D eigenvalue weighted by molar-refractivity contribution is 9.10. The number of piperidine rings is 1. The van der Waals surface area contributed by atoms with Crippen molar-refractivity contribution in [2.75, 3.05) is 13.1 Å². The molecule has 2 fully saturated rings. The number of aromatic amines is 1. The average Bonchev–Trinajstić information content (AvgIpc) is 3.24. The number of likely N-dealkylation sites (tertiary alicyclic amines) is 1. The molecule has 0 spiro atoms. The third-order valence-electron chi connectivity index (χ3n) is 8.66. The van der Waals surface area contributed by atoms with Crippen LogP contribution in [0.1, 0.15) is 55.7 Å². The number of rotatable bonds is 4. The van der Waals surface area contributed by atoms with E-state index in [0.717, 1.165) is 58.8 Å². The normalized spacial score (nSPS) is 19.4. The molecule has 37 heavy (non-hydrogen) atoms. The quantitative estimate of drug-likeness (QED) is 0.244. The fraction of sp³-hybridized carbons (Fsp3) is 0.367. The van der Waals surface area contributed by atoms with Gasteiger partial charge in [0.25, 0.3) is 0 Å². The van der Waals surface area contributed by atoms with Crippen molar-refractivity contribution in [3.05, 3.63) is 102 Å². The summed E-state index contributed by atoms with van der Waals surface area (Å²) >= 11 is 13.4. The minimum absolute atomic E-state index is 0.0258. The predicted octanol–water partition coefficient (Wildman–Crippen LogP) is 8.07. The Morgan fingerprint density at radius 1 is 0.784 bits per heavy atom. The van der Waals surface area contributed by atoms with Crippen molar-refractivity contribution in [2.45, 2.75) is 56.0 Å². The summed E-state index contributed by atoms with van der Waals surface area (Å²) in [6, 6.07) is 24.4. The van der Waals surface area contributed by atoms with E-state index in [4.69, 9.17) is 11.6 Å². The van der Waals surface area contributed by atoms with E-state index >= 15 is 0 Å². The standard InChI is InChI=1S/C30H30Br2ClN3O/c31-22-5-1-20(2-6-22)30(21-3-7-23(32)8-4-21)15-11-25(12-16-30)35-17-13-26(14-18-35)36-28-10-9-24(33)19-27(28)34-29(36)37/h1-10,19,25-26H,11-18H2,(H,34,37). The van der Waals surface area contributed by atoms with Gasteiger partial charge in [0.05, 0.1) is 11.0 Å². The molecule has 0 bridgehead atoms. The van der Waals surface area contributed by atoms with Gasteiger partial charge in [-0.1, -0.05) is 67.7 Å². The molecule has 2 aliphatic rings. The molecule has 1 aliphatic heterocycles. The summed E-state index contributed by atoms with van der Waals surface area (Å²) in [5.41, 5.74) is 4.63. The Kier molecular flexibility index (Phi) is 7.12. The lowest BCUT2D eigenvalue weighted by Gasteiger charge is -2.46. The number of hydrogen-bond donors (Lipinski definition) is 1. The summed E-state index contributed by atoms with van der Waals surface area (Å²) in [5.74, 6) is 0. The van der Waals surface area contributed by atoms with Crippen LogP contribution in [-0.4, -0.2) is 33.6 Å². The van der Waals surface area contributed by atoms with Crippen LogP contribution in [0.2, 0.25) is 5.02 Å². The molecule has 0 amide bonds. The highest BCUT2D eigenvalue weighted by atomic mass is 79.9. The molecule has 1 aliphatic carbocycles. The Hall–Kier alpha value is -1.86. The molecule has 192 valence electrons. The van der Waals surface area contributed by atoms with E-state index in [2.05, 4.69) is 90.3 Å². The molecule has 3 aromatic carbocycles. The summed E-state index contributed by atoms with van der Waals surface area (Å²) in [4.78, 5) is 18.4. The van der Waals surface area contributed by atoms with Gasteiger partial charge in [-0.3, -0.25) is 4.57 Å². The van der Waals surface area contributed by atoms with Gasteiger partial charge in [0.1, 0.15) is 0 Å². The number of fused-ring (bicyclic) bond motifs is 1. The van der Waals surface area contributed by atoms with Crippen molar-refractivity contribution in [1.82, 2.24) is 14.5 Å². The Balaban J connectivity index is 1.17. The number of halogens is 3. The van der Waals surface area contributed by atoms with E-state index in [-0.39, 0.29) is 17.1 Å². The van der Waals surface area contributed by atoms with Crippen LogP contribution in [0.25, 0.3) is 11.0 Å². The Bertz CT molecular complexity index is 1400. The minimum Gasteiger partial charge on any atom is -0.305 e. The van der Waals surface area contributed by atoms with Crippen LogP contribution in [0.4, 0.5) is 0 Å². The van der Waals surface area contributed by atoms with Crippen molar-refractivity contribution < 1.29 is 0 Å². The molecule has 1 aromatic heterocycles. The lowest BCUT2D eigenvalue weighted by atomic mass is 9.64. The maximum Gasteiger partial charge on any atom is 0.326 e. The number of aromatic nitrogens is 2. The smallest absolute Gasteiger partial charge is 0.305 e. The lowest BCUT2D eigenvalue weighted by Crippen LogP contribution is -2.46. The Morgan fingerprint density at radius 2 is 1.35 bits per heavy atom. The molecular formula is C30H30Br2ClN3O. The van der Waals surface area contributed by atoms with Gasteiger partial charge in [0, 0.05) is 44.6 Å². The monoisotopic (exact) mass is 641 g/mol. The molecule has 7 heteroatoms. The summed E-state index contributed by atoms with van der Waals surface area (Å²) in [7, 11) is 0. The van der Waals surface area contributed by atoms with Crippen LogP contribution < -0.4 is 5.69 Å². The second kappa shape index (κ2) is 10.4. The third-order valence-corrected chi connectivity index (χ3v) is 9.95. The van der Waals surface area contributed by atoms with Gasteiger partial charge in [-0.2, -0.15) is 0 Å². The lowest BCUT2D eigenvalue weighted by molar-refractivity contribution is 0.0948. The second-order valence-electron chi connectivity index (χ2n) is 10.6. The molecule has 1 saturated heterocycles. The highest BCUT2D eigenvalue weighted by Crippen LogP contribution is 2.46. The maximum atomic E-state index is 12.8. The molecule has 0 radical (unpaired) electrons. The first kappa shape index (κ1) is 25.4. The van der Waals surface area contributed by atoms with Gasteiger partial charge in [-0.05, 0) is 92.1 Å². The molecule has 6 rings (SSSR count). The molecule has 0 atom stereocenters. The fourth-order valence-corrected chi connectivity index (χ4v) is 7.42. The number of imidazole rings is 1. The molecule has 4 aromatic rings. The number of nitrogens with one attached hydrogen (secondary N) is 1. The summed E-state index contributed by atoms with van der Waals surface area (Å²) in [6.07, 6.45) is 6.64. The number of hydrogen-bond acceptors (Lipinski definition) is 2. The van der Waals surface area contributed by atoms with Crippen LogP contribution in [0.5, 0.6) is 0 Å². The largest absolute Gasteiger partial charge is 0.326 e. The first-order valence-electron chi connectivity index (χ1n) is 13.1. The SMILES string of the molecule is O=c1[nH]c2cc(Cl)ccc2n1C1CCN(C2CCC(c3ccc(Br)cc3)(c3ccc(Br)cc3)CC2)CC1. The van der Waals surface area contributed by atoms with Crippen LogP contribution >= 0.6 is 43.5 Å². The number of H-pyrrole nitrogens is 1. The minimum atomic E-state index is -0.0258. The fourth-order valence-electron chi connectivity index (χ4n) is 6.72. The van der Waals surface area contributed by atoms with Gasteiger partial charge in [-0.25, -0.2) is 4.79 Å². The van der Waals surface area contributed by atoms with E-state index in [9.17, 15) is 4.79 Å². The van der Waals surface area contributed by atoms with E-state index in [0.29, 0.717) is 11.1 Å². The molecule has 2 heterocycles. The summed E-state index contributed by atoms with van der Waals surface area (Å²) < 4.78 is 4.20. The van der Waals surface area contributed by atoms with Crippen molar-refractivity contribution >= 4 is 54.5 Å². The number of benzene rings is 3. The zero-order valence-corrected chi connectivity index (χ0v) is 24.5. The molecule has 1 N–H and O–H groups in total. The topological polar surface area (TPSA) is 41.0 Å². The first-order chi connectivity index (χ1) is 17.9. The zero-order valence-electron chi connectivity index (χ0n) is 20.6. The van der Waals surface area contributed by atoms with Gasteiger partial charge >= 0.3 is 5.69 Å². The van der Waals surface area contributed by atoms with Crippen LogP contribution in [0.3, 0.4) is 0 Å². The van der Waals surface area contributed by atoms with Crippen molar-refractivity contribution in [3.63, 3.8) is 0 Å². The predicted molar refractivity (Wildman–Crippen MR) is 159 cm³/mol. The van der Waals surface area contributed by atoms with Crippen molar-refractivity contribution in [1.29, 1.82) is 0 Å². The van der Waals surface area contributed by atoms with Crippen molar-refractivity contribution in [2.24, 2.45) is 0 Å². The molecule has 1 saturated carbocycles. The van der Waals surface area contributed by atoms with E-state index in [1.165, 1.54) is 24.0 Å². The average molecular weight is 644 g/mol. The molecule has 4 nitrogen and oxygen atoms in total. The number of nitrogens with zero attached hydrogens (tertiary/aromatic N) is 2. The van der Waals surface area contributed by atoms with E-state index in [1.807, 2.05) is 22.8 Å². The first-order valence-corrected chi connectivity index (χ1v) is 15.1. The zero-order chi connectivity index (χ0) is 25.6. The Morgan fingerprint density at radius 3 is 1.92 bits per heavy atom. The summed E-state index contributed by atoms with van der Waals surface area (Å²) in [5, 5.41) is 0.648. The molecule has 0 unspecified atom stereocenters. The summed E-state index contributed by atoms with van der Waals surface area (Å²) in [6.45, 7) is 2.07. The van der Waals surface area contributed by atoms with Crippen LogP contribution in [0, 0.1) is 0 Å². The highest BCUT2D eigenvalue weighted by Gasteiger charge is 2.40. The maximum absolute atomic E-state index is 12.8. The van der Waals surface area contributed by atoms with E-state index < -0.39 is 0 Å².